The Morgan fingerprint density at radius 3 is 1.46 bits per heavy atom. The van der Waals surface area contributed by atoms with E-state index in [4.69, 9.17) is 9.47 Å². The topological polar surface area (TPSA) is 18.5 Å². The molecule has 0 amide bonds. The smallest absolute Gasteiger partial charge is 0.124 e. The fourth-order valence-corrected chi connectivity index (χ4v) is 6.62. The predicted octanol–water partition coefficient (Wildman–Crippen LogP) is 5.21. The summed E-state index contributed by atoms with van der Waals surface area (Å²) >= 11 is 0. The highest BCUT2D eigenvalue weighted by atomic mass is 31.1. The fraction of sp³-hybridized carbons (Fsp3) is 0.304. The Morgan fingerprint density at radius 1 is 0.731 bits per heavy atom. The molecule has 0 aliphatic heterocycles. The summed E-state index contributed by atoms with van der Waals surface area (Å²) in [6.07, 6.45) is 7.74. The van der Waals surface area contributed by atoms with Gasteiger partial charge >= 0.3 is 0 Å². The van der Waals surface area contributed by atoms with Gasteiger partial charge in [0, 0.05) is 0 Å². The maximum absolute atomic E-state index is 5.57. The summed E-state index contributed by atoms with van der Waals surface area (Å²) in [5.74, 6) is 1.98. The number of hydrogen-bond donors (Lipinski definition) is 0. The minimum absolute atomic E-state index is 0.564. The van der Waals surface area contributed by atoms with Gasteiger partial charge in [-0.3, -0.25) is 0 Å². The van der Waals surface area contributed by atoms with Gasteiger partial charge in [-0.25, -0.2) is 0 Å². The third kappa shape index (κ3) is 3.44. The molecule has 1 aliphatic carbocycles. The van der Waals surface area contributed by atoms with Crippen molar-refractivity contribution in [1.82, 2.24) is 0 Å². The molecule has 0 atom stereocenters. The highest BCUT2D eigenvalue weighted by Crippen LogP contribution is 2.48. The van der Waals surface area contributed by atoms with Crippen LogP contribution in [0.25, 0.3) is 0 Å². The van der Waals surface area contributed by atoms with Crippen molar-refractivity contribution in [1.29, 1.82) is 0 Å². The molecule has 3 rings (SSSR count). The van der Waals surface area contributed by atoms with Gasteiger partial charge in [-0.15, -0.1) is 0 Å². The van der Waals surface area contributed by atoms with Gasteiger partial charge in [0.1, 0.15) is 11.5 Å². The third-order valence-electron chi connectivity index (χ3n) is 4.85. The lowest BCUT2D eigenvalue weighted by atomic mass is 10.1. The number of benzene rings is 2. The Balaban J connectivity index is 2.17. The van der Waals surface area contributed by atoms with Crippen molar-refractivity contribution in [3.8, 4) is 11.5 Å². The summed E-state index contributed by atoms with van der Waals surface area (Å²) in [5, 5.41) is 4.26. The number of ether oxygens (including phenoxy) is 2. The number of allylic oxidation sites excluding steroid dienone is 4. The summed E-state index contributed by atoms with van der Waals surface area (Å²) in [6.45, 7) is 8.53. The van der Waals surface area contributed by atoms with Gasteiger partial charge in [-0.05, 0) is 104 Å². The van der Waals surface area contributed by atoms with Crippen LogP contribution in [0.3, 0.4) is 0 Å². The van der Waals surface area contributed by atoms with Gasteiger partial charge in [0.05, 0.1) is 14.2 Å². The molecule has 2 nitrogen and oxygen atoms in total. The number of aryl methyl sites for hydroxylation is 4. The molecule has 0 fully saturated rings. The van der Waals surface area contributed by atoms with E-state index in [-0.39, 0.29) is 0 Å². The molecule has 0 saturated carbocycles. The van der Waals surface area contributed by atoms with Crippen LogP contribution in [0.15, 0.2) is 47.8 Å². The van der Waals surface area contributed by atoms with E-state index in [0.29, 0.717) is 0 Å². The molecule has 136 valence electrons. The van der Waals surface area contributed by atoms with Gasteiger partial charge in [0.25, 0.3) is 0 Å². The molecule has 0 N–H and O–H groups in total. The summed E-state index contributed by atoms with van der Waals surface area (Å²) in [7, 11) is 2.93. The molecule has 26 heavy (non-hydrogen) atoms. The van der Waals surface area contributed by atoms with Crippen LogP contribution < -0.4 is 20.1 Å². The second-order valence-electron chi connectivity index (χ2n) is 6.85. The standard InChI is InChI=1S/C23H27O2P/c1-15-11-20(12-16(2)22(15)24-5)26(19-9-7-8-10-19)21-13-17(3)23(25-6)18(4)14-21/h7-9,11-14H,10H2,1-6H3. The van der Waals surface area contributed by atoms with Crippen LogP contribution >= 0.6 is 7.92 Å². The van der Waals surface area contributed by atoms with E-state index in [1.165, 1.54) is 38.2 Å². The van der Waals surface area contributed by atoms with E-state index in [1.54, 1.807) is 14.2 Å². The largest absolute Gasteiger partial charge is 0.496 e. The minimum atomic E-state index is -0.564. The summed E-state index contributed by atoms with van der Waals surface area (Å²) in [4.78, 5) is 0. The molecule has 0 heterocycles. The molecule has 1 aliphatic rings. The first-order valence-corrected chi connectivity index (χ1v) is 10.3. The van der Waals surface area contributed by atoms with Gasteiger partial charge < -0.3 is 9.47 Å². The van der Waals surface area contributed by atoms with Crippen molar-refractivity contribution >= 4 is 18.5 Å². The first-order valence-electron chi connectivity index (χ1n) is 8.92. The van der Waals surface area contributed by atoms with E-state index in [0.717, 1.165) is 17.9 Å². The normalized spacial score (nSPS) is 13.3. The lowest BCUT2D eigenvalue weighted by molar-refractivity contribution is 0.408. The van der Waals surface area contributed by atoms with Crippen molar-refractivity contribution in [2.45, 2.75) is 34.1 Å². The summed E-state index contributed by atoms with van der Waals surface area (Å²) in [5.41, 5.74) is 4.79. The Labute approximate surface area is 158 Å². The van der Waals surface area contributed by atoms with Crippen LogP contribution in [0.5, 0.6) is 11.5 Å². The molecule has 0 spiro atoms. The zero-order chi connectivity index (χ0) is 18.8. The minimum Gasteiger partial charge on any atom is -0.496 e. The Hall–Kier alpha value is -2.05. The SMILES string of the molecule is COc1c(C)cc(P(C2=CC=CC2)c2cc(C)c(OC)c(C)c2)cc1C. The molecule has 2 aromatic rings. The first-order chi connectivity index (χ1) is 12.5. The molecule has 0 aromatic heterocycles. The van der Waals surface area contributed by atoms with Crippen LogP contribution in [0.2, 0.25) is 0 Å². The van der Waals surface area contributed by atoms with Crippen molar-refractivity contribution < 1.29 is 9.47 Å². The average molecular weight is 366 g/mol. The maximum atomic E-state index is 5.57. The van der Waals surface area contributed by atoms with E-state index in [1.807, 2.05) is 0 Å². The van der Waals surface area contributed by atoms with Crippen molar-refractivity contribution in [3.05, 3.63) is 70.1 Å². The average Bonchev–Trinajstić information content (AvgIpc) is 3.09. The van der Waals surface area contributed by atoms with E-state index in [2.05, 4.69) is 70.2 Å². The van der Waals surface area contributed by atoms with Crippen LogP contribution in [-0.2, 0) is 0 Å². The van der Waals surface area contributed by atoms with Crippen molar-refractivity contribution in [2.75, 3.05) is 14.2 Å². The van der Waals surface area contributed by atoms with Crippen LogP contribution in [0.4, 0.5) is 0 Å². The Bertz CT molecular complexity index is 788. The molecule has 0 saturated heterocycles. The molecular formula is C23H27O2P. The zero-order valence-electron chi connectivity index (χ0n) is 16.5. The zero-order valence-corrected chi connectivity index (χ0v) is 17.4. The third-order valence-corrected chi connectivity index (χ3v) is 7.31. The molecular weight excluding hydrogens is 339 g/mol. The maximum Gasteiger partial charge on any atom is 0.124 e. The van der Waals surface area contributed by atoms with Gasteiger partial charge in [-0.2, -0.15) is 0 Å². The number of methoxy groups -OCH3 is 2. The summed E-state index contributed by atoms with van der Waals surface area (Å²) in [6, 6.07) is 9.19. The quantitative estimate of drug-likeness (QED) is 0.676. The van der Waals surface area contributed by atoms with E-state index in [9.17, 15) is 0 Å². The van der Waals surface area contributed by atoms with Gasteiger partial charge in [0.2, 0.25) is 0 Å². The molecule has 0 unspecified atom stereocenters. The molecule has 0 radical (unpaired) electrons. The van der Waals surface area contributed by atoms with Crippen molar-refractivity contribution in [3.63, 3.8) is 0 Å². The first kappa shape index (κ1) is 18.7. The second kappa shape index (κ2) is 7.68. The molecule has 2 aromatic carbocycles. The fourth-order valence-electron chi connectivity index (χ4n) is 3.84. The Morgan fingerprint density at radius 2 is 1.15 bits per heavy atom. The van der Waals surface area contributed by atoms with Gasteiger partial charge in [0.15, 0.2) is 0 Å². The number of hydrogen-bond acceptors (Lipinski definition) is 2. The van der Waals surface area contributed by atoms with Crippen LogP contribution in [0, 0.1) is 27.7 Å². The van der Waals surface area contributed by atoms with Gasteiger partial charge in [-0.1, -0.05) is 18.2 Å². The van der Waals surface area contributed by atoms with Crippen LogP contribution in [0.1, 0.15) is 28.7 Å². The number of rotatable bonds is 5. The Kier molecular flexibility index (Phi) is 5.53. The predicted molar refractivity (Wildman–Crippen MR) is 113 cm³/mol. The van der Waals surface area contributed by atoms with E-state index < -0.39 is 7.92 Å². The lowest BCUT2D eigenvalue weighted by Crippen LogP contribution is -2.16. The molecule has 0 bridgehead atoms. The monoisotopic (exact) mass is 366 g/mol. The molecule has 3 heteroatoms. The van der Waals surface area contributed by atoms with Crippen LogP contribution in [-0.4, -0.2) is 14.2 Å². The summed E-state index contributed by atoms with van der Waals surface area (Å²) < 4.78 is 11.1. The van der Waals surface area contributed by atoms with Crippen molar-refractivity contribution in [2.24, 2.45) is 0 Å². The highest BCUT2D eigenvalue weighted by Gasteiger charge is 2.22. The second-order valence-corrected chi connectivity index (χ2v) is 9.13. The lowest BCUT2D eigenvalue weighted by Gasteiger charge is -2.24. The van der Waals surface area contributed by atoms with E-state index >= 15 is 0 Å². The highest BCUT2D eigenvalue weighted by molar-refractivity contribution is 7.76.